The van der Waals surface area contributed by atoms with Crippen LogP contribution < -0.4 is 10.5 Å². The summed E-state index contributed by atoms with van der Waals surface area (Å²) < 4.78 is 4.95. The van der Waals surface area contributed by atoms with E-state index in [1.54, 1.807) is 12.1 Å². The van der Waals surface area contributed by atoms with Crippen molar-refractivity contribution in [1.82, 2.24) is 0 Å². The topological polar surface area (TPSA) is 52.3 Å². The van der Waals surface area contributed by atoms with E-state index in [2.05, 4.69) is 6.92 Å². The molecule has 0 amide bonds. The van der Waals surface area contributed by atoms with E-state index < -0.39 is 0 Å². The van der Waals surface area contributed by atoms with E-state index in [-0.39, 0.29) is 12.0 Å². The first-order valence-electron chi connectivity index (χ1n) is 5.67. The Bertz CT molecular complexity index is 332. The molecule has 0 saturated heterocycles. The van der Waals surface area contributed by atoms with Crippen molar-refractivity contribution in [3.8, 4) is 5.75 Å². The molecule has 1 aromatic carbocycles. The van der Waals surface area contributed by atoms with E-state index in [0.717, 1.165) is 24.8 Å². The molecule has 0 aliphatic carbocycles. The summed E-state index contributed by atoms with van der Waals surface area (Å²) in [4.78, 5) is 10.7. The number of esters is 1. The highest BCUT2D eigenvalue weighted by atomic mass is 16.5. The smallest absolute Gasteiger partial charge is 0.308 e. The van der Waals surface area contributed by atoms with Crippen LogP contribution >= 0.6 is 0 Å². The predicted octanol–water partition coefficient (Wildman–Crippen LogP) is 2.80. The standard InChI is InChI=1S/C13H19NO2/c1-3-4-5-13(14)11-6-8-12(9-7-11)16-10(2)15/h6-9,13H,3-5,14H2,1-2H3/t13-/m1/s1. The lowest BCUT2D eigenvalue weighted by molar-refractivity contribution is -0.131. The van der Waals surface area contributed by atoms with E-state index in [1.165, 1.54) is 6.92 Å². The Kier molecular flexibility index (Phi) is 4.99. The highest BCUT2D eigenvalue weighted by Crippen LogP contribution is 2.20. The SMILES string of the molecule is CCCC[C@@H](N)c1ccc(OC(C)=O)cc1. The van der Waals surface area contributed by atoms with Crippen molar-refractivity contribution in [3.05, 3.63) is 29.8 Å². The Labute approximate surface area is 96.6 Å². The summed E-state index contributed by atoms with van der Waals surface area (Å²) >= 11 is 0. The molecule has 0 radical (unpaired) electrons. The number of nitrogens with two attached hydrogens (primary N) is 1. The molecule has 1 atom stereocenters. The lowest BCUT2D eigenvalue weighted by atomic mass is 10.0. The highest BCUT2D eigenvalue weighted by molar-refractivity contribution is 5.69. The van der Waals surface area contributed by atoms with E-state index in [9.17, 15) is 4.79 Å². The number of carbonyl (C=O) groups is 1. The molecule has 0 spiro atoms. The first-order chi connectivity index (χ1) is 7.63. The van der Waals surface area contributed by atoms with Crippen molar-refractivity contribution in [3.63, 3.8) is 0 Å². The maximum Gasteiger partial charge on any atom is 0.308 e. The average Bonchev–Trinajstić information content (AvgIpc) is 2.26. The monoisotopic (exact) mass is 221 g/mol. The lowest BCUT2D eigenvalue weighted by Gasteiger charge is -2.11. The van der Waals surface area contributed by atoms with Gasteiger partial charge in [-0.2, -0.15) is 0 Å². The molecule has 0 bridgehead atoms. The normalized spacial score (nSPS) is 12.2. The Morgan fingerprint density at radius 3 is 2.50 bits per heavy atom. The quantitative estimate of drug-likeness (QED) is 0.614. The third-order valence-corrected chi connectivity index (χ3v) is 2.44. The molecule has 0 aliphatic heterocycles. The fourth-order valence-corrected chi connectivity index (χ4v) is 1.54. The van der Waals surface area contributed by atoms with Gasteiger partial charge in [0.25, 0.3) is 0 Å². The van der Waals surface area contributed by atoms with Gasteiger partial charge in [0.1, 0.15) is 5.75 Å². The van der Waals surface area contributed by atoms with Gasteiger partial charge in [-0.3, -0.25) is 4.79 Å². The molecule has 88 valence electrons. The second kappa shape index (κ2) is 6.28. The van der Waals surface area contributed by atoms with Gasteiger partial charge in [-0.1, -0.05) is 31.9 Å². The molecule has 0 fully saturated rings. The number of benzene rings is 1. The minimum Gasteiger partial charge on any atom is -0.427 e. The van der Waals surface area contributed by atoms with Gasteiger partial charge in [-0.05, 0) is 24.1 Å². The van der Waals surface area contributed by atoms with Gasteiger partial charge in [0.2, 0.25) is 0 Å². The van der Waals surface area contributed by atoms with Crippen LogP contribution in [0, 0.1) is 0 Å². The number of carbonyl (C=O) groups excluding carboxylic acids is 1. The second-order valence-corrected chi connectivity index (χ2v) is 3.91. The van der Waals surface area contributed by atoms with Crippen LogP contribution in [0.5, 0.6) is 5.75 Å². The molecule has 0 aliphatic rings. The van der Waals surface area contributed by atoms with Gasteiger partial charge in [0, 0.05) is 13.0 Å². The third-order valence-electron chi connectivity index (χ3n) is 2.44. The van der Waals surface area contributed by atoms with Gasteiger partial charge < -0.3 is 10.5 Å². The Morgan fingerprint density at radius 1 is 1.38 bits per heavy atom. The van der Waals surface area contributed by atoms with Gasteiger partial charge >= 0.3 is 5.97 Å². The van der Waals surface area contributed by atoms with Crippen LogP contribution in [-0.4, -0.2) is 5.97 Å². The second-order valence-electron chi connectivity index (χ2n) is 3.91. The largest absolute Gasteiger partial charge is 0.427 e. The molecule has 16 heavy (non-hydrogen) atoms. The number of ether oxygens (including phenoxy) is 1. The zero-order valence-electron chi connectivity index (χ0n) is 9.90. The van der Waals surface area contributed by atoms with Crippen LogP contribution in [-0.2, 0) is 4.79 Å². The van der Waals surface area contributed by atoms with Crippen LogP contribution in [0.15, 0.2) is 24.3 Å². The number of unbranched alkanes of at least 4 members (excludes halogenated alkanes) is 1. The number of rotatable bonds is 5. The van der Waals surface area contributed by atoms with Crippen LogP contribution in [0.2, 0.25) is 0 Å². The molecule has 2 N–H and O–H groups in total. The Morgan fingerprint density at radius 2 is 2.00 bits per heavy atom. The highest BCUT2D eigenvalue weighted by Gasteiger charge is 2.05. The Hall–Kier alpha value is -1.35. The average molecular weight is 221 g/mol. The minimum absolute atomic E-state index is 0.0753. The summed E-state index contributed by atoms with van der Waals surface area (Å²) in [6, 6.07) is 7.47. The molecular formula is C13H19NO2. The van der Waals surface area contributed by atoms with Crippen LogP contribution in [0.1, 0.15) is 44.7 Å². The summed E-state index contributed by atoms with van der Waals surface area (Å²) in [5, 5.41) is 0. The zero-order valence-corrected chi connectivity index (χ0v) is 9.90. The van der Waals surface area contributed by atoms with E-state index >= 15 is 0 Å². The predicted molar refractivity (Wildman–Crippen MR) is 64.2 cm³/mol. The van der Waals surface area contributed by atoms with E-state index in [4.69, 9.17) is 10.5 Å². The maximum atomic E-state index is 10.7. The van der Waals surface area contributed by atoms with Crippen LogP contribution in [0.3, 0.4) is 0 Å². The summed E-state index contributed by atoms with van der Waals surface area (Å²) in [5.74, 6) is 0.266. The van der Waals surface area contributed by atoms with Crippen molar-refractivity contribution >= 4 is 5.97 Å². The molecule has 0 unspecified atom stereocenters. The summed E-state index contributed by atoms with van der Waals surface area (Å²) in [6.07, 6.45) is 3.27. The molecule has 0 aromatic heterocycles. The van der Waals surface area contributed by atoms with Gasteiger partial charge in [-0.25, -0.2) is 0 Å². The fourth-order valence-electron chi connectivity index (χ4n) is 1.54. The third kappa shape index (κ3) is 4.03. The van der Waals surface area contributed by atoms with Gasteiger partial charge in [0.05, 0.1) is 0 Å². The van der Waals surface area contributed by atoms with Crippen LogP contribution in [0.25, 0.3) is 0 Å². The fraction of sp³-hybridized carbons (Fsp3) is 0.462. The summed E-state index contributed by atoms with van der Waals surface area (Å²) in [6.45, 7) is 3.54. The summed E-state index contributed by atoms with van der Waals surface area (Å²) in [7, 11) is 0. The molecule has 1 rings (SSSR count). The number of hydrogen-bond acceptors (Lipinski definition) is 3. The maximum absolute atomic E-state index is 10.7. The van der Waals surface area contributed by atoms with Gasteiger partial charge in [0.15, 0.2) is 0 Å². The summed E-state index contributed by atoms with van der Waals surface area (Å²) in [5.41, 5.74) is 7.11. The van der Waals surface area contributed by atoms with Gasteiger partial charge in [-0.15, -0.1) is 0 Å². The first-order valence-corrected chi connectivity index (χ1v) is 5.67. The molecule has 0 saturated carbocycles. The van der Waals surface area contributed by atoms with E-state index in [1.807, 2.05) is 12.1 Å². The molecule has 3 heteroatoms. The zero-order chi connectivity index (χ0) is 12.0. The first kappa shape index (κ1) is 12.7. The lowest BCUT2D eigenvalue weighted by Crippen LogP contribution is -2.10. The van der Waals surface area contributed by atoms with Crippen molar-refractivity contribution in [1.29, 1.82) is 0 Å². The van der Waals surface area contributed by atoms with Crippen LogP contribution in [0.4, 0.5) is 0 Å². The molecular weight excluding hydrogens is 202 g/mol. The Balaban J connectivity index is 2.59. The number of hydrogen-bond donors (Lipinski definition) is 1. The molecule has 1 aromatic rings. The van der Waals surface area contributed by atoms with Crippen molar-refractivity contribution in [2.75, 3.05) is 0 Å². The van der Waals surface area contributed by atoms with Crippen molar-refractivity contribution in [2.24, 2.45) is 5.73 Å². The van der Waals surface area contributed by atoms with Crippen molar-refractivity contribution in [2.45, 2.75) is 39.2 Å². The minimum atomic E-state index is -0.303. The molecule has 0 heterocycles. The molecule has 3 nitrogen and oxygen atoms in total. The van der Waals surface area contributed by atoms with E-state index in [0.29, 0.717) is 5.75 Å². The van der Waals surface area contributed by atoms with Crippen molar-refractivity contribution < 1.29 is 9.53 Å².